The maximum absolute atomic E-state index is 12.0. The molecular weight excluding hydrogens is 304 g/mol. The Labute approximate surface area is 120 Å². The van der Waals surface area contributed by atoms with Crippen LogP contribution in [0.4, 0.5) is 0 Å². The molecular formula is C10H22N4O4S2. The molecule has 1 rings (SSSR count). The lowest BCUT2D eigenvalue weighted by molar-refractivity contribution is 0.218. The maximum Gasteiger partial charge on any atom is 0.213 e. The predicted octanol–water partition coefficient (Wildman–Crippen LogP) is -1.65. The minimum absolute atomic E-state index is 0.228. The molecule has 0 aliphatic carbocycles. The van der Waals surface area contributed by atoms with Crippen molar-refractivity contribution in [1.82, 2.24) is 9.62 Å². The molecule has 0 unspecified atom stereocenters. The Morgan fingerprint density at radius 1 is 1.25 bits per heavy atom. The highest BCUT2D eigenvalue weighted by Crippen LogP contribution is 2.22. The summed E-state index contributed by atoms with van der Waals surface area (Å²) in [6.07, 6.45) is 1.78. The first-order valence-electron chi connectivity index (χ1n) is 6.18. The molecule has 0 aromatic heterocycles. The van der Waals surface area contributed by atoms with Gasteiger partial charge in [0.15, 0.2) is 0 Å². The molecule has 0 bridgehead atoms. The van der Waals surface area contributed by atoms with Crippen molar-refractivity contribution in [1.29, 1.82) is 5.41 Å². The zero-order chi connectivity index (χ0) is 15.6. The van der Waals surface area contributed by atoms with E-state index in [-0.39, 0.29) is 5.84 Å². The molecule has 4 N–H and O–H groups in total. The van der Waals surface area contributed by atoms with Crippen LogP contribution in [0, 0.1) is 5.41 Å². The predicted molar refractivity (Wildman–Crippen MR) is 78.0 cm³/mol. The van der Waals surface area contributed by atoms with E-state index in [2.05, 4.69) is 4.72 Å². The summed E-state index contributed by atoms with van der Waals surface area (Å²) in [5.74, 6) is -1.19. The van der Waals surface area contributed by atoms with Crippen molar-refractivity contribution >= 4 is 25.7 Å². The molecule has 1 aliphatic rings. The molecule has 1 heterocycles. The summed E-state index contributed by atoms with van der Waals surface area (Å²) in [7, 11) is -5.26. The highest BCUT2D eigenvalue weighted by atomic mass is 32.2. The van der Waals surface area contributed by atoms with Crippen molar-refractivity contribution in [3.05, 3.63) is 0 Å². The Morgan fingerprint density at radius 2 is 1.75 bits per heavy atom. The van der Waals surface area contributed by atoms with Crippen LogP contribution in [0.3, 0.4) is 0 Å². The summed E-state index contributed by atoms with van der Waals surface area (Å²) in [4.78, 5) is 2.02. The molecule has 1 aliphatic heterocycles. The number of rotatable bonds is 6. The van der Waals surface area contributed by atoms with Gasteiger partial charge in [0.05, 0.1) is 17.0 Å². The Bertz CT molecular complexity index is 562. The van der Waals surface area contributed by atoms with E-state index < -0.39 is 36.9 Å². The average molecular weight is 326 g/mol. The number of nitrogens with zero attached hydrogens (tertiary/aromatic N) is 1. The normalized spacial score (nSPS) is 20.7. The summed E-state index contributed by atoms with van der Waals surface area (Å²) in [5.41, 5.74) is 4.46. The summed E-state index contributed by atoms with van der Waals surface area (Å²) >= 11 is 0. The van der Waals surface area contributed by atoms with Gasteiger partial charge in [-0.15, -0.1) is 0 Å². The number of likely N-dealkylation sites (tertiary alicyclic amines) is 1. The van der Waals surface area contributed by atoms with Crippen LogP contribution in [-0.2, 0) is 19.9 Å². The van der Waals surface area contributed by atoms with Gasteiger partial charge in [-0.25, -0.2) is 21.6 Å². The summed E-state index contributed by atoms with van der Waals surface area (Å²) in [6, 6.07) is 0. The first-order valence-corrected chi connectivity index (χ1v) is 9.89. The van der Waals surface area contributed by atoms with E-state index in [4.69, 9.17) is 11.1 Å². The monoisotopic (exact) mass is 326 g/mol. The third-order valence-corrected chi connectivity index (χ3v) is 6.08. The number of hydrogen-bond donors (Lipinski definition) is 3. The zero-order valence-electron chi connectivity index (χ0n) is 11.7. The van der Waals surface area contributed by atoms with Gasteiger partial charge in [0.2, 0.25) is 10.0 Å². The molecule has 1 saturated heterocycles. The van der Waals surface area contributed by atoms with Crippen LogP contribution in [0.2, 0.25) is 0 Å². The topological polar surface area (TPSA) is 133 Å². The average Bonchev–Trinajstić information content (AvgIpc) is 2.29. The second-order valence-electron chi connectivity index (χ2n) is 5.35. The molecule has 20 heavy (non-hydrogen) atoms. The van der Waals surface area contributed by atoms with E-state index in [1.54, 1.807) is 0 Å². The van der Waals surface area contributed by atoms with Crippen LogP contribution in [0.1, 0.15) is 12.8 Å². The molecule has 0 radical (unpaired) electrons. The molecule has 0 aromatic rings. The van der Waals surface area contributed by atoms with Crippen LogP contribution in [0.15, 0.2) is 0 Å². The SMILES string of the molecule is CN1CCC(NS(=O)(=O)CCS(C)(=O)=O)(C(=N)N)CC1. The van der Waals surface area contributed by atoms with E-state index in [9.17, 15) is 16.8 Å². The van der Waals surface area contributed by atoms with Gasteiger partial charge >= 0.3 is 0 Å². The van der Waals surface area contributed by atoms with Crippen molar-refractivity contribution < 1.29 is 16.8 Å². The summed E-state index contributed by atoms with van der Waals surface area (Å²) in [6.45, 7) is 1.24. The molecule has 118 valence electrons. The molecule has 8 nitrogen and oxygen atoms in total. The van der Waals surface area contributed by atoms with E-state index in [0.717, 1.165) is 6.26 Å². The smallest absolute Gasteiger partial charge is 0.213 e. The third kappa shape index (κ3) is 5.00. The minimum atomic E-state index is -3.80. The highest BCUT2D eigenvalue weighted by Gasteiger charge is 2.40. The number of nitrogens with one attached hydrogen (secondary N) is 2. The van der Waals surface area contributed by atoms with Crippen LogP contribution < -0.4 is 10.5 Å². The van der Waals surface area contributed by atoms with E-state index >= 15 is 0 Å². The van der Waals surface area contributed by atoms with Gasteiger partial charge < -0.3 is 10.6 Å². The van der Waals surface area contributed by atoms with Crippen LogP contribution in [0.25, 0.3) is 0 Å². The number of sulfonamides is 1. The summed E-state index contributed by atoms with van der Waals surface area (Å²) in [5, 5.41) is 7.65. The molecule has 0 saturated carbocycles. The van der Waals surface area contributed by atoms with Crippen molar-refractivity contribution in [2.24, 2.45) is 5.73 Å². The Kier molecular flexibility index (Phi) is 5.17. The maximum atomic E-state index is 12.0. The first-order chi connectivity index (χ1) is 8.96. The lowest BCUT2D eigenvalue weighted by atomic mass is 9.88. The van der Waals surface area contributed by atoms with Crippen molar-refractivity contribution in [3.63, 3.8) is 0 Å². The number of nitrogens with two attached hydrogens (primary N) is 1. The number of piperidine rings is 1. The number of hydrogen-bond acceptors (Lipinski definition) is 6. The Hall–Kier alpha value is -0.710. The fraction of sp³-hybridized carbons (Fsp3) is 0.900. The molecule has 1 fully saturated rings. The van der Waals surface area contributed by atoms with Crippen molar-refractivity contribution in [2.75, 3.05) is 37.9 Å². The number of sulfone groups is 1. The van der Waals surface area contributed by atoms with E-state index in [1.807, 2.05) is 11.9 Å². The van der Waals surface area contributed by atoms with Gasteiger partial charge in [0.25, 0.3) is 0 Å². The molecule has 0 amide bonds. The van der Waals surface area contributed by atoms with Gasteiger partial charge in [0.1, 0.15) is 15.7 Å². The van der Waals surface area contributed by atoms with E-state index in [0.29, 0.717) is 25.9 Å². The van der Waals surface area contributed by atoms with Crippen molar-refractivity contribution in [2.45, 2.75) is 18.4 Å². The standard InChI is InChI=1S/C10H22N4O4S2/c1-14-5-3-10(4-6-14,9(11)12)13-20(17,18)8-7-19(2,15)16/h13H,3-8H2,1-2H3,(H3,11,12). The van der Waals surface area contributed by atoms with Crippen LogP contribution >= 0.6 is 0 Å². The Morgan fingerprint density at radius 3 is 2.15 bits per heavy atom. The minimum Gasteiger partial charge on any atom is -0.386 e. The molecule has 0 spiro atoms. The third-order valence-electron chi connectivity index (χ3n) is 3.43. The van der Waals surface area contributed by atoms with Gasteiger partial charge in [-0.2, -0.15) is 0 Å². The lowest BCUT2D eigenvalue weighted by Crippen LogP contribution is -2.62. The molecule has 0 aromatic carbocycles. The van der Waals surface area contributed by atoms with E-state index in [1.165, 1.54) is 0 Å². The lowest BCUT2D eigenvalue weighted by Gasteiger charge is -2.39. The van der Waals surface area contributed by atoms with Gasteiger partial charge in [-0.3, -0.25) is 5.41 Å². The fourth-order valence-corrected chi connectivity index (χ4v) is 5.14. The van der Waals surface area contributed by atoms with Crippen molar-refractivity contribution in [3.8, 4) is 0 Å². The summed E-state index contributed by atoms with van der Waals surface area (Å²) < 4.78 is 48.5. The van der Waals surface area contributed by atoms with Gasteiger partial charge in [-0.1, -0.05) is 0 Å². The first kappa shape index (κ1) is 17.3. The molecule has 0 atom stereocenters. The van der Waals surface area contributed by atoms with Crippen LogP contribution in [-0.4, -0.2) is 71.0 Å². The quantitative estimate of drug-likeness (QED) is 0.395. The zero-order valence-corrected chi connectivity index (χ0v) is 13.3. The second-order valence-corrected chi connectivity index (χ2v) is 9.45. The van der Waals surface area contributed by atoms with Gasteiger partial charge in [0, 0.05) is 19.3 Å². The fourth-order valence-electron chi connectivity index (χ4n) is 2.04. The van der Waals surface area contributed by atoms with Gasteiger partial charge in [-0.05, 0) is 19.9 Å². The largest absolute Gasteiger partial charge is 0.386 e. The number of amidine groups is 1. The second kappa shape index (κ2) is 5.96. The Balaban J connectivity index is 2.83. The highest BCUT2D eigenvalue weighted by molar-refractivity contribution is 7.93. The molecule has 10 heteroatoms. The van der Waals surface area contributed by atoms with Crippen LogP contribution in [0.5, 0.6) is 0 Å².